The molecule has 6 nitrogen and oxygen atoms in total. The highest BCUT2D eigenvalue weighted by Crippen LogP contribution is 2.31. The van der Waals surface area contributed by atoms with E-state index in [0.29, 0.717) is 29.5 Å². The van der Waals surface area contributed by atoms with Crippen LogP contribution in [0.1, 0.15) is 12.0 Å². The maximum Gasteiger partial charge on any atom is 0.226 e. The molecule has 1 heterocycles. The molecular formula is C24H22N2O4S. The minimum atomic E-state index is -0.0883. The Bertz CT molecular complexity index is 1190. The molecule has 0 spiro atoms. The van der Waals surface area contributed by atoms with E-state index in [2.05, 4.69) is 10.3 Å². The summed E-state index contributed by atoms with van der Waals surface area (Å²) in [5.41, 5.74) is 1.82. The number of aryl methyl sites for hydroxylation is 1. The van der Waals surface area contributed by atoms with E-state index in [-0.39, 0.29) is 5.91 Å². The molecule has 0 unspecified atom stereocenters. The van der Waals surface area contributed by atoms with Gasteiger partial charge >= 0.3 is 0 Å². The minimum Gasteiger partial charge on any atom is -0.493 e. The molecule has 1 N–H and O–H groups in total. The van der Waals surface area contributed by atoms with Crippen molar-refractivity contribution < 1.29 is 19.0 Å². The smallest absolute Gasteiger partial charge is 0.226 e. The van der Waals surface area contributed by atoms with Crippen LogP contribution in [0.3, 0.4) is 0 Å². The molecule has 7 heteroatoms. The maximum absolute atomic E-state index is 12.4. The van der Waals surface area contributed by atoms with Crippen molar-refractivity contribution in [3.05, 3.63) is 72.3 Å². The first-order chi connectivity index (χ1) is 15.1. The number of aromatic nitrogens is 1. The second-order valence-corrected chi connectivity index (χ2v) is 7.83. The number of hydrogen-bond donors (Lipinski definition) is 1. The molecule has 0 bridgehead atoms. The Morgan fingerprint density at radius 1 is 0.935 bits per heavy atom. The molecule has 0 aliphatic rings. The summed E-state index contributed by atoms with van der Waals surface area (Å²) in [7, 11) is 3.19. The van der Waals surface area contributed by atoms with Gasteiger partial charge in [0.05, 0.1) is 24.4 Å². The van der Waals surface area contributed by atoms with Crippen molar-refractivity contribution in [1.82, 2.24) is 4.98 Å². The second kappa shape index (κ2) is 9.49. The fraction of sp³-hybridized carbons (Fsp3) is 0.167. The van der Waals surface area contributed by atoms with E-state index in [1.165, 1.54) is 11.3 Å². The number of thiazole rings is 1. The molecule has 0 saturated heterocycles. The number of carbonyl (C=O) groups is 1. The first kappa shape index (κ1) is 20.7. The van der Waals surface area contributed by atoms with Crippen molar-refractivity contribution in [2.24, 2.45) is 0 Å². The third-order valence-electron chi connectivity index (χ3n) is 4.67. The van der Waals surface area contributed by atoms with E-state index in [1.54, 1.807) is 14.2 Å². The number of rotatable bonds is 8. The summed E-state index contributed by atoms with van der Waals surface area (Å²) in [5.74, 6) is 2.74. The number of nitrogens with zero attached hydrogens (tertiary/aromatic N) is 1. The van der Waals surface area contributed by atoms with E-state index in [0.717, 1.165) is 27.3 Å². The Balaban J connectivity index is 1.38. The molecule has 0 atom stereocenters. The van der Waals surface area contributed by atoms with Crippen molar-refractivity contribution in [2.75, 3.05) is 19.5 Å². The fourth-order valence-corrected chi connectivity index (χ4v) is 4.03. The Kier molecular flexibility index (Phi) is 6.33. The summed E-state index contributed by atoms with van der Waals surface area (Å²) in [4.78, 5) is 16.9. The lowest BCUT2D eigenvalue weighted by Gasteiger charge is -2.09. The Hall–Kier alpha value is -3.58. The summed E-state index contributed by atoms with van der Waals surface area (Å²) >= 11 is 1.42. The quantitative estimate of drug-likeness (QED) is 0.386. The van der Waals surface area contributed by atoms with Crippen LogP contribution in [0, 0.1) is 0 Å². The van der Waals surface area contributed by atoms with Gasteiger partial charge in [0, 0.05) is 12.5 Å². The lowest BCUT2D eigenvalue weighted by Crippen LogP contribution is -2.12. The summed E-state index contributed by atoms with van der Waals surface area (Å²) in [5, 5.41) is 3.47. The maximum atomic E-state index is 12.4. The summed E-state index contributed by atoms with van der Waals surface area (Å²) in [6.07, 6.45) is 0.930. The SMILES string of the molecule is COc1ccc(CCC(=O)Nc2nc3ccc(Oc4ccccc4)cc3s2)cc1OC. The van der Waals surface area contributed by atoms with Crippen LogP contribution < -0.4 is 19.5 Å². The van der Waals surface area contributed by atoms with E-state index >= 15 is 0 Å². The number of ether oxygens (including phenoxy) is 3. The van der Waals surface area contributed by atoms with Crippen LogP contribution in [0.5, 0.6) is 23.0 Å². The molecule has 1 amide bonds. The highest BCUT2D eigenvalue weighted by Gasteiger charge is 2.11. The zero-order valence-corrected chi connectivity index (χ0v) is 18.1. The average molecular weight is 435 g/mol. The van der Waals surface area contributed by atoms with E-state index in [4.69, 9.17) is 14.2 Å². The van der Waals surface area contributed by atoms with Gasteiger partial charge in [-0.25, -0.2) is 4.98 Å². The Morgan fingerprint density at radius 2 is 1.74 bits per heavy atom. The van der Waals surface area contributed by atoms with Crippen LogP contribution in [-0.2, 0) is 11.2 Å². The highest BCUT2D eigenvalue weighted by molar-refractivity contribution is 7.22. The van der Waals surface area contributed by atoms with Crippen LogP contribution in [0.15, 0.2) is 66.7 Å². The van der Waals surface area contributed by atoms with Crippen LogP contribution in [0.25, 0.3) is 10.2 Å². The molecule has 158 valence electrons. The lowest BCUT2D eigenvalue weighted by atomic mass is 10.1. The minimum absolute atomic E-state index is 0.0883. The number of fused-ring (bicyclic) bond motifs is 1. The molecule has 0 radical (unpaired) electrons. The van der Waals surface area contributed by atoms with Crippen molar-refractivity contribution in [1.29, 1.82) is 0 Å². The molecule has 4 rings (SSSR count). The predicted molar refractivity (Wildman–Crippen MR) is 123 cm³/mol. The number of carbonyl (C=O) groups excluding carboxylic acids is 1. The Morgan fingerprint density at radius 3 is 2.52 bits per heavy atom. The van der Waals surface area contributed by atoms with Gasteiger partial charge in [-0.1, -0.05) is 35.6 Å². The molecular weight excluding hydrogens is 412 g/mol. The van der Waals surface area contributed by atoms with Crippen LogP contribution in [0.2, 0.25) is 0 Å². The number of methoxy groups -OCH3 is 2. The van der Waals surface area contributed by atoms with Crippen LogP contribution in [-0.4, -0.2) is 25.1 Å². The molecule has 31 heavy (non-hydrogen) atoms. The van der Waals surface area contributed by atoms with Crippen molar-refractivity contribution in [3.63, 3.8) is 0 Å². The van der Waals surface area contributed by atoms with E-state index in [9.17, 15) is 4.79 Å². The number of nitrogens with one attached hydrogen (secondary N) is 1. The number of para-hydroxylation sites is 1. The van der Waals surface area contributed by atoms with E-state index < -0.39 is 0 Å². The van der Waals surface area contributed by atoms with Gasteiger partial charge in [0.2, 0.25) is 5.91 Å². The Labute approximate surface area is 184 Å². The predicted octanol–water partition coefficient (Wildman–Crippen LogP) is 5.68. The van der Waals surface area contributed by atoms with Gasteiger partial charge in [-0.15, -0.1) is 0 Å². The molecule has 3 aromatic carbocycles. The van der Waals surface area contributed by atoms with Gasteiger partial charge in [-0.2, -0.15) is 0 Å². The molecule has 0 fully saturated rings. The zero-order chi connectivity index (χ0) is 21.6. The van der Waals surface area contributed by atoms with Crippen LogP contribution in [0.4, 0.5) is 5.13 Å². The first-order valence-electron chi connectivity index (χ1n) is 9.79. The third kappa shape index (κ3) is 5.13. The van der Waals surface area contributed by atoms with Gasteiger partial charge in [0.1, 0.15) is 11.5 Å². The third-order valence-corrected chi connectivity index (χ3v) is 5.61. The van der Waals surface area contributed by atoms with Crippen molar-refractivity contribution >= 4 is 32.6 Å². The lowest BCUT2D eigenvalue weighted by molar-refractivity contribution is -0.116. The standard InChI is InChI=1S/C24H22N2O4S/c1-28-20-12-8-16(14-21(20)29-2)9-13-23(27)26-24-25-19-11-10-18(15-22(19)31-24)30-17-6-4-3-5-7-17/h3-8,10-12,14-15H,9,13H2,1-2H3,(H,25,26,27). The number of anilines is 1. The average Bonchev–Trinajstić information content (AvgIpc) is 3.19. The van der Waals surface area contributed by atoms with Gasteiger partial charge in [0.15, 0.2) is 16.6 Å². The molecule has 0 saturated carbocycles. The zero-order valence-electron chi connectivity index (χ0n) is 17.3. The number of hydrogen-bond acceptors (Lipinski definition) is 6. The molecule has 0 aliphatic heterocycles. The van der Waals surface area contributed by atoms with Gasteiger partial charge < -0.3 is 19.5 Å². The fourth-order valence-electron chi connectivity index (χ4n) is 3.12. The van der Waals surface area contributed by atoms with Crippen molar-refractivity contribution in [3.8, 4) is 23.0 Å². The molecule has 0 aliphatic carbocycles. The van der Waals surface area contributed by atoms with Gasteiger partial charge in [-0.05, 0) is 48.4 Å². The normalized spacial score (nSPS) is 10.6. The first-order valence-corrected chi connectivity index (χ1v) is 10.6. The molecule has 1 aromatic heterocycles. The monoisotopic (exact) mass is 434 g/mol. The summed E-state index contributed by atoms with van der Waals surface area (Å²) in [6, 6.07) is 21.0. The van der Waals surface area contributed by atoms with Gasteiger partial charge in [-0.3, -0.25) is 4.79 Å². The van der Waals surface area contributed by atoms with Gasteiger partial charge in [0.25, 0.3) is 0 Å². The summed E-state index contributed by atoms with van der Waals surface area (Å²) < 4.78 is 17.4. The number of benzene rings is 3. The largest absolute Gasteiger partial charge is 0.493 e. The topological polar surface area (TPSA) is 69.7 Å². The van der Waals surface area contributed by atoms with Crippen LogP contribution >= 0.6 is 11.3 Å². The van der Waals surface area contributed by atoms with E-state index in [1.807, 2.05) is 66.7 Å². The second-order valence-electron chi connectivity index (χ2n) is 6.80. The highest BCUT2D eigenvalue weighted by atomic mass is 32.1. The molecule has 4 aromatic rings. The summed E-state index contributed by atoms with van der Waals surface area (Å²) in [6.45, 7) is 0. The van der Waals surface area contributed by atoms with Crippen molar-refractivity contribution in [2.45, 2.75) is 12.8 Å². The number of amides is 1.